The van der Waals surface area contributed by atoms with E-state index in [1.807, 2.05) is 13.8 Å². The van der Waals surface area contributed by atoms with Gasteiger partial charge in [-0.3, -0.25) is 9.59 Å². The van der Waals surface area contributed by atoms with Gasteiger partial charge in [0.15, 0.2) is 0 Å². The first-order valence-corrected chi connectivity index (χ1v) is 9.88. The highest BCUT2D eigenvalue weighted by molar-refractivity contribution is 6.45. The quantitative estimate of drug-likeness (QED) is 0.688. The number of benzene rings is 2. The predicted octanol–water partition coefficient (Wildman–Crippen LogP) is 4.01. The van der Waals surface area contributed by atoms with Crippen LogP contribution in [-0.4, -0.2) is 42.0 Å². The first kappa shape index (κ1) is 20.5. The predicted molar refractivity (Wildman–Crippen MR) is 109 cm³/mol. The lowest BCUT2D eigenvalue weighted by molar-refractivity contribution is -0.121. The Kier molecular flexibility index (Phi) is 5.34. The van der Waals surface area contributed by atoms with Crippen LogP contribution in [0.5, 0.6) is 0 Å². The molecule has 156 valence electrons. The van der Waals surface area contributed by atoms with E-state index >= 15 is 0 Å². The fraction of sp³-hybridized carbons (Fsp3) is 0.273. The summed E-state index contributed by atoms with van der Waals surface area (Å²) in [7, 11) is 0. The van der Waals surface area contributed by atoms with Gasteiger partial charge in [-0.2, -0.15) is 0 Å². The van der Waals surface area contributed by atoms with Crippen molar-refractivity contribution in [1.29, 1.82) is 0 Å². The molecule has 2 amide bonds. The summed E-state index contributed by atoms with van der Waals surface area (Å²) in [5, 5.41) is 0.479. The fourth-order valence-electron chi connectivity index (χ4n) is 3.93. The van der Waals surface area contributed by atoms with Gasteiger partial charge in [0.1, 0.15) is 17.3 Å². The Labute approximate surface area is 177 Å². The molecule has 0 aliphatic carbocycles. The van der Waals surface area contributed by atoms with Crippen molar-refractivity contribution in [3.63, 3.8) is 0 Å². The SMILES string of the molecule is CC1CN(C2=C(c3ccc(Cl)cc3)C(=O)N(c3ccc(F)cc3F)C2=O)CC(C)O1. The minimum atomic E-state index is -0.989. The summed E-state index contributed by atoms with van der Waals surface area (Å²) >= 11 is 5.98. The van der Waals surface area contributed by atoms with Gasteiger partial charge in [-0.25, -0.2) is 13.7 Å². The molecule has 0 spiro atoms. The molecule has 0 aromatic heterocycles. The van der Waals surface area contributed by atoms with E-state index in [9.17, 15) is 18.4 Å². The zero-order valence-electron chi connectivity index (χ0n) is 16.4. The van der Waals surface area contributed by atoms with Crippen molar-refractivity contribution in [2.45, 2.75) is 26.1 Å². The third kappa shape index (κ3) is 3.59. The highest BCUT2D eigenvalue weighted by atomic mass is 35.5. The molecule has 0 radical (unpaired) electrons. The number of ether oxygens (including phenoxy) is 1. The van der Waals surface area contributed by atoms with Gasteiger partial charge in [0, 0.05) is 24.2 Å². The van der Waals surface area contributed by atoms with Gasteiger partial charge < -0.3 is 9.64 Å². The number of amides is 2. The zero-order valence-corrected chi connectivity index (χ0v) is 17.1. The number of imide groups is 1. The van der Waals surface area contributed by atoms with Gasteiger partial charge in [0.05, 0.1) is 23.5 Å². The Morgan fingerprint density at radius 2 is 1.60 bits per heavy atom. The van der Waals surface area contributed by atoms with Crippen LogP contribution in [0.2, 0.25) is 5.02 Å². The molecule has 2 heterocycles. The van der Waals surface area contributed by atoms with E-state index in [-0.39, 0.29) is 29.2 Å². The summed E-state index contributed by atoms with van der Waals surface area (Å²) in [6.07, 6.45) is -0.320. The second-order valence-electron chi connectivity index (χ2n) is 7.43. The zero-order chi connectivity index (χ0) is 21.6. The number of rotatable bonds is 3. The summed E-state index contributed by atoms with van der Waals surface area (Å²) in [6.45, 7) is 4.55. The lowest BCUT2D eigenvalue weighted by Gasteiger charge is -2.37. The highest BCUT2D eigenvalue weighted by Gasteiger charge is 2.44. The molecule has 2 unspecified atom stereocenters. The van der Waals surface area contributed by atoms with Crippen molar-refractivity contribution in [1.82, 2.24) is 4.90 Å². The molecule has 2 aromatic rings. The molecule has 2 aliphatic heterocycles. The van der Waals surface area contributed by atoms with Crippen LogP contribution in [0.25, 0.3) is 5.57 Å². The maximum atomic E-state index is 14.5. The minimum Gasteiger partial charge on any atom is -0.372 e. The van der Waals surface area contributed by atoms with Crippen LogP contribution < -0.4 is 4.90 Å². The van der Waals surface area contributed by atoms with E-state index < -0.39 is 23.4 Å². The van der Waals surface area contributed by atoms with Crippen LogP contribution in [-0.2, 0) is 14.3 Å². The lowest BCUT2D eigenvalue weighted by atomic mass is 10.0. The van der Waals surface area contributed by atoms with Gasteiger partial charge in [-0.05, 0) is 43.7 Å². The molecule has 2 aromatic carbocycles. The molecule has 2 aliphatic rings. The number of hydrogen-bond acceptors (Lipinski definition) is 4. The molecular formula is C22H19ClF2N2O3. The topological polar surface area (TPSA) is 49.9 Å². The van der Waals surface area contributed by atoms with Crippen LogP contribution in [0.15, 0.2) is 48.2 Å². The van der Waals surface area contributed by atoms with Crippen molar-refractivity contribution in [3.8, 4) is 0 Å². The van der Waals surface area contributed by atoms with Crippen LogP contribution in [0, 0.1) is 11.6 Å². The van der Waals surface area contributed by atoms with Crippen molar-refractivity contribution < 1.29 is 23.1 Å². The smallest absolute Gasteiger partial charge is 0.282 e. The molecule has 5 nitrogen and oxygen atoms in total. The Bertz CT molecular complexity index is 1040. The number of carbonyl (C=O) groups excluding carboxylic acids is 2. The molecule has 1 saturated heterocycles. The van der Waals surface area contributed by atoms with Gasteiger partial charge in [0.2, 0.25) is 0 Å². The summed E-state index contributed by atoms with van der Waals surface area (Å²) in [4.78, 5) is 29.3. The van der Waals surface area contributed by atoms with Gasteiger partial charge in [0.25, 0.3) is 11.8 Å². The van der Waals surface area contributed by atoms with E-state index in [4.69, 9.17) is 16.3 Å². The number of nitrogens with zero attached hydrogens (tertiary/aromatic N) is 2. The standard InChI is InChI=1S/C22H19ClF2N2O3/c1-12-10-26(11-13(2)30-12)20-19(14-3-5-15(23)6-4-14)21(28)27(22(20)29)18-8-7-16(24)9-17(18)25/h3-9,12-13H,10-11H2,1-2H3. The van der Waals surface area contributed by atoms with Crippen molar-refractivity contribution in [3.05, 3.63) is 70.4 Å². The normalized spacial score (nSPS) is 22.3. The number of morpholine rings is 1. The van der Waals surface area contributed by atoms with E-state index in [1.165, 1.54) is 0 Å². The largest absolute Gasteiger partial charge is 0.372 e. The Morgan fingerprint density at radius 3 is 2.20 bits per heavy atom. The van der Waals surface area contributed by atoms with Crippen LogP contribution >= 0.6 is 11.6 Å². The first-order valence-electron chi connectivity index (χ1n) is 9.50. The lowest BCUT2D eigenvalue weighted by Crippen LogP contribution is -2.47. The van der Waals surface area contributed by atoms with Gasteiger partial charge in [-0.1, -0.05) is 23.7 Å². The summed E-state index contributed by atoms with van der Waals surface area (Å²) in [6, 6.07) is 9.26. The number of hydrogen-bond donors (Lipinski definition) is 0. The molecule has 2 atom stereocenters. The monoisotopic (exact) mass is 432 g/mol. The molecule has 30 heavy (non-hydrogen) atoms. The van der Waals surface area contributed by atoms with Crippen molar-refractivity contribution in [2.24, 2.45) is 0 Å². The van der Waals surface area contributed by atoms with Crippen molar-refractivity contribution >= 4 is 34.7 Å². The van der Waals surface area contributed by atoms with E-state index in [2.05, 4.69) is 0 Å². The first-order chi connectivity index (χ1) is 14.3. The Hall–Kier alpha value is -2.77. The summed E-state index contributed by atoms with van der Waals surface area (Å²) in [5.41, 5.74) is 0.529. The molecule has 8 heteroatoms. The molecule has 4 rings (SSSR count). The molecule has 0 bridgehead atoms. The maximum Gasteiger partial charge on any atom is 0.282 e. The summed E-state index contributed by atoms with van der Waals surface area (Å²) < 4.78 is 33.6. The molecule has 1 fully saturated rings. The second kappa shape index (κ2) is 7.81. The minimum absolute atomic E-state index is 0.154. The number of carbonyl (C=O) groups is 2. The highest BCUT2D eigenvalue weighted by Crippen LogP contribution is 2.37. The number of anilines is 1. The van der Waals surface area contributed by atoms with E-state index in [1.54, 1.807) is 29.2 Å². The van der Waals surface area contributed by atoms with Crippen LogP contribution in [0.1, 0.15) is 19.4 Å². The average molecular weight is 433 g/mol. The third-order valence-corrected chi connectivity index (χ3v) is 5.33. The second-order valence-corrected chi connectivity index (χ2v) is 7.87. The van der Waals surface area contributed by atoms with Gasteiger partial charge >= 0.3 is 0 Å². The summed E-state index contributed by atoms with van der Waals surface area (Å²) in [5.74, 6) is -3.11. The molecule has 0 saturated carbocycles. The number of halogens is 3. The average Bonchev–Trinajstić information content (AvgIpc) is 2.92. The maximum absolute atomic E-state index is 14.5. The van der Waals surface area contributed by atoms with Crippen LogP contribution in [0.4, 0.5) is 14.5 Å². The molecule has 0 N–H and O–H groups in total. The Morgan fingerprint density at radius 1 is 0.967 bits per heavy atom. The van der Waals surface area contributed by atoms with Gasteiger partial charge in [-0.15, -0.1) is 0 Å². The Balaban J connectivity index is 1.85. The molecular weight excluding hydrogens is 414 g/mol. The fourth-order valence-corrected chi connectivity index (χ4v) is 4.06. The van der Waals surface area contributed by atoms with E-state index in [0.717, 1.165) is 17.0 Å². The van der Waals surface area contributed by atoms with Crippen LogP contribution in [0.3, 0.4) is 0 Å². The van der Waals surface area contributed by atoms with Crippen molar-refractivity contribution in [2.75, 3.05) is 18.0 Å². The van der Waals surface area contributed by atoms with E-state index in [0.29, 0.717) is 29.7 Å². The third-order valence-electron chi connectivity index (χ3n) is 5.08.